The van der Waals surface area contributed by atoms with E-state index in [1.54, 1.807) is 6.07 Å². The SMILES string of the molecule is NCC(O)COc1cccc([N+](=O)[O-])c1. The first-order chi connectivity index (χ1) is 7.13. The highest BCUT2D eigenvalue weighted by Gasteiger charge is 2.07. The van der Waals surface area contributed by atoms with Gasteiger partial charge in [0.25, 0.3) is 5.69 Å². The van der Waals surface area contributed by atoms with Crippen molar-refractivity contribution in [1.82, 2.24) is 0 Å². The van der Waals surface area contributed by atoms with Gasteiger partial charge in [-0.25, -0.2) is 0 Å². The average molecular weight is 212 g/mol. The molecule has 0 radical (unpaired) electrons. The molecule has 82 valence electrons. The molecule has 6 heteroatoms. The zero-order valence-electron chi connectivity index (χ0n) is 8.00. The summed E-state index contributed by atoms with van der Waals surface area (Å²) in [5.41, 5.74) is 5.13. The Balaban J connectivity index is 2.62. The van der Waals surface area contributed by atoms with Gasteiger partial charge < -0.3 is 15.6 Å². The number of rotatable bonds is 5. The summed E-state index contributed by atoms with van der Waals surface area (Å²) in [4.78, 5) is 9.92. The van der Waals surface area contributed by atoms with Crippen molar-refractivity contribution in [2.75, 3.05) is 13.2 Å². The van der Waals surface area contributed by atoms with Crippen LogP contribution >= 0.6 is 0 Å². The van der Waals surface area contributed by atoms with Crippen LogP contribution in [0.15, 0.2) is 24.3 Å². The number of nitrogens with zero attached hydrogens (tertiary/aromatic N) is 1. The summed E-state index contributed by atoms with van der Waals surface area (Å²) in [7, 11) is 0. The summed E-state index contributed by atoms with van der Waals surface area (Å²) in [6.45, 7) is 0.118. The molecule has 0 amide bonds. The van der Waals surface area contributed by atoms with Gasteiger partial charge in [0.15, 0.2) is 0 Å². The maximum absolute atomic E-state index is 10.4. The number of benzene rings is 1. The molecule has 15 heavy (non-hydrogen) atoms. The summed E-state index contributed by atoms with van der Waals surface area (Å²) in [6.07, 6.45) is -0.760. The lowest BCUT2D eigenvalue weighted by Gasteiger charge is -2.09. The van der Waals surface area contributed by atoms with Gasteiger partial charge in [-0.2, -0.15) is 0 Å². The van der Waals surface area contributed by atoms with Crippen LogP contribution in [0.4, 0.5) is 5.69 Å². The number of hydrogen-bond donors (Lipinski definition) is 2. The van der Waals surface area contributed by atoms with Crippen molar-refractivity contribution in [3.63, 3.8) is 0 Å². The number of non-ortho nitro benzene ring substituents is 1. The first-order valence-corrected chi connectivity index (χ1v) is 4.39. The lowest BCUT2D eigenvalue weighted by Crippen LogP contribution is -2.26. The lowest BCUT2D eigenvalue weighted by molar-refractivity contribution is -0.384. The van der Waals surface area contributed by atoms with Gasteiger partial charge in [0.05, 0.1) is 11.0 Å². The predicted octanol–water partition coefficient (Wildman–Crippen LogP) is 0.293. The summed E-state index contributed by atoms with van der Waals surface area (Å²) in [5, 5.41) is 19.5. The lowest BCUT2D eigenvalue weighted by atomic mass is 10.3. The van der Waals surface area contributed by atoms with Gasteiger partial charge >= 0.3 is 0 Å². The molecule has 1 rings (SSSR count). The largest absolute Gasteiger partial charge is 0.491 e. The highest BCUT2D eigenvalue weighted by atomic mass is 16.6. The summed E-state index contributed by atoms with van der Waals surface area (Å²) in [5.74, 6) is 0.344. The number of aliphatic hydroxyl groups excluding tert-OH is 1. The summed E-state index contributed by atoms with van der Waals surface area (Å²) >= 11 is 0. The number of hydrogen-bond acceptors (Lipinski definition) is 5. The number of nitro benzene ring substituents is 1. The van der Waals surface area contributed by atoms with Crippen molar-refractivity contribution in [3.8, 4) is 5.75 Å². The van der Waals surface area contributed by atoms with Gasteiger partial charge in [-0.15, -0.1) is 0 Å². The molecule has 0 heterocycles. The monoisotopic (exact) mass is 212 g/mol. The second-order valence-corrected chi connectivity index (χ2v) is 2.95. The first-order valence-electron chi connectivity index (χ1n) is 4.39. The third kappa shape index (κ3) is 3.53. The molecule has 3 N–H and O–H groups in total. The van der Waals surface area contributed by atoms with Crippen molar-refractivity contribution < 1.29 is 14.8 Å². The maximum atomic E-state index is 10.4. The van der Waals surface area contributed by atoms with Crippen molar-refractivity contribution in [2.24, 2.45) is 5.73 Å². The molecular formula is C9H12N2O4. The molecule has 0 saturated carbocycles. The molecule has 0 aliphatic carbocycles. The number of nitro groups is 1. The quantitative estimate of drug-likeness (QED) is 0.540. The Morgan fingerprint density at radius 3 is 2.93 bits per heavy atom. The summed E-state index contributed by atoms with van der Waals surface area (Å²) < 4.78 is 5.12. The van der Waals surface area contributed by atoms with Crippen LogP contribution in [0.1, 0.15) is 0 Å². The van der Waals surface area contributed by atoms with E-state index in [0.717, 1.165) is 0 Å². The van der Waals surface area contributed by atoms with Crippen LogP contribution in [-0.4, -0.2) is 29.3 Å². The zero-order chi connectivity index (χ0) is 11.3. The highest BCUT2D eigenvalue weighted by molar-refractivity contribution is 5.37. The molecule has 1 atom stereocenters. The van der Waals surface area contributed by atoms with E-state index in [2.05, 4.69) is 0 Å². The Bertz CT molecular complexity index is 343. The minimum Gasteiger partial charge on any atom is -0.491 e. The van der Waals surface area contributed by atoms with Crippen LogP contribution in [0.5, 0.6) is 5.75 Å². The molecule has 6 nitrogen and oxygen atoms in total. The minimum absolute atomic E-state index is 0.0255. The fraction of sp³-hybridized carbons (Fsp3) is 0.333. The summed E-state index contributed by atoms with van der Waals surface area (Å²) in [6, 6.07) is 5.76. The molecule has 0 saturated heterocycles. The van der Waals surface area contributed by atoms with E-state index in [9.17, 15) is 10.1 Å². The van der Waals surface area contributed by atoms with E-state index < -0.39 is 11.0 Å². The Hall–Kier alpha value is -1.66. The van der Waals surface area contributed by atoms with Crippen LogP contribution in [0.2, 0.25) is 0 Å². The van der Waals surface area contributed by atoms with Crippen molar-refractivity contribution in [3.05, 3.63) is 34.4 Å². The molecule has 0 bridgehead atoms. The van der Waals surface area contributed by atoms with Crippen LogP contribution in [0, 0.1) is 10.1 Å². The normalized spacial score (nSPS) is 12.1. The Kier molecular flexibility index (Phi) is 4.02. The van der Waals surface area contributed by atoms with Gasteiger partial charge in [0, 0.05) is 12.6 Å². The standard InChI is InChI=1S/C9H12N2O4/c10-5-8(12)6-15-9-3-1-2-7(4-9)11(13)14/h1-4,8,12H,5-6,10H2. The molecule has 1 unspecified atom stereocenters. The van der Waals surface area contributed by atoms with Crippen LogP contribution < -0.4 is 10.5 Å². The molecule has 0 spiro atoms. The van der Waals surface area contributed by atoms with E-state index in [-0.39, 0.29) is 18.8 Å². The molecule has 1 aromatic rings. The molecule has 0 aromatic heterocycles. The molecule has 0 fully saturated rings. The first kappa shape index (κ1) is 11.4. The minimum atomic E-state index is -0.760. The highest BCUT2D eigenvalue weighted by Crippen LogP contribution is 2.18. The topological polar surface area (TPSA) is 98.6 Å². The smallest absolute Gasteiger partial charge is 0.273 e. The van der Waals surface area contributed by atoms with Gasteiger partial charge in [-0.3, -0.25) is 10.1 Å². The van der Waals surface area contributed by atoms with Gasteiger partial charge in [0.2, 0.25) is 0 Å². The van der Waals surface area contributed by atoms with Gasteiger partial charge in [-0.05, 0) is 6.07 Å². The van der Waals surface area contributed by atoms with Crippen molar-refractivity contribution in [1.29, 1.82) is 0 Å². The van der Waals surface area contributed by atoms with E-state index in [1.165, 1.54) is 18.2 Å². The third-order valence-corrected chi connectivity index (χ3v) is 1.74. The predicted molar refractivity (Wildman–Crippen MR) is 53.7 cm³/mol. The van der Waals surface area contributed by atoms with Crippen molar-refractivity contribution >= 4 is 5.69 Å². The second kappa shape index (κ2) is 5.28. The number of ether oxygens (including phenoxy) is 1. The van der Waals surface area contributed by atoms with E-state index >= 15 is 0 Å². The van der Waals surface area contributed by atoms with E-state index in [1.807, 2.05) is 0 Å². The Morgan fingerprint density at radius 1 is 1.60 bits per heavy atom. The second-order valence-electron chi connectivity index (χ2n) is 2.95. The maximum Gasteiger partial charge on any atom is 0.273 e. The molecule has 0 aliphatic rings. The fourth-order valence-electron chi connectivity index (χ4n) is 0.947. The molecular weight excluding hydrogens is 200 g/mol. The molecule has 1 aromatic carbocycles. The Morgan fingerprint density at radius 2 is 2.33 bits per heavy atom. The van der Waals surface area contributed by atoms with Crippen LogP contribution in [0.25, 0.3) is 0 Å². The number of nitrogens with two attached hydrogens (primary N) is 1. The third-order valence-electron chi connectivity index (χ3n) is 1.74. The molecule has 0 aliphatic heterocycles. The number of aliphatic hydroxyl groups is 1. The average Bonchev–Trinajstić information content (AvgIpc) is 2.26. The van der Waals surface area contributed by atoms with Crippen LogP contribution in [0.3, 0.4) is 0 Å². The Labute approximate surface area is 86.4 Å². The van der Waals surface area contributed by atoms with Gasteiger partial charge in [0.1, 0.15) is 18.5 Å². The van der Waals surface area contributed by atoms with E-state index in [4.69, 9.17) is 15.6 Å². The van der Waals surface area contributed by atoms with Gasteiger partial charge in [-0.1, -0.05) is 6.07 Å². The van der Waals surface area contributed by atoms with Crippen LogP contribution in [-0.2, 0) is 0 Å². The van der Waals surface area contributed by atoms with E-state index in [0.29, 0.717) is 5.75 Å². The zero-order valence-corrected chi connectivity index (χ0v) is 8.00. The fourth-order valence-corrected chi connectivity index (χ4v) is 0.947. The van der Waals surface area contributed by atoms with Crippen molar-refractivity contribution in [2.45, 2.75) is 6.10 Å².